The fourth-order valence-electron chi connectivity index (χ4n) is 1.96. The second-order valence-corrected chi connectivity index (χ2v) is 4.81. The number of aliphatic carboxylic acids is 1. The van der Waals surface area contributed by atoms with Gasteiger partial charge in [0.05, 0.1) is 5.92 Å². The Morgan fingerprint density at radius 2 is 1.94 bits per heavy atom. The molecule has 1 fully saturated rings. The molecule has 0 radical (unpaired) electrons. The van der Waals surface area contributed by atoms with Crippen molar-refractivity contribution in [3.8, 4) is 0 Å². The van der Waals surface area contributed by atoms with Crippen LogP contribution in [0.25, 0.3) is 0 Å². The predicted molar refractivity (Wildman–Crippen MR) is 64.9 cm³/mol. The molecule has 1 atom stereocenters. The number of hydrogen-bond acceptors (Lipinski definition) is 3. The number of carboxylic acids is 1. The summed E-state index contributed by atoms with van der Waals surface area (Å²) in [5.41, 5.74) is 0. The van der Waals surface area contributed by atoms with Gasteiger partial charge in [-0.3, -0.25) is 14.4 Å². The molecule has 1 rings (SSSR count). The Bertz CT molecular complexity index is 341. The summed E-state index contributed by atoms with van der Waals surface area (Å²) in [4.78, 5) is 36.9. The number of carboxylic acid groups (broad SMARTS) is 1. The average molecular weight is 256 g/mol. The lowest BCUT2D eigenvalue weighted by Gasteiger charge is -2.16. The Kier molecular flexibility index (Phi) is 5.12. The highest BCUT2D eigenvalue weighted by molar-refractivity contribution is 5.80. The number of amides is 2. The second kappa shape index (κ2) is 6.37. The van der Waals surface area contributed by atoms with E-state index in [1.165, 1.54) is 4.90 Å². The molecule has 18 heavy (non-hydrogen) atoms. The van der Waals surface area contributed by atoms with Crippen molar-refractivity contribution < 1.29 is 19.5 Å². The summed E-state index contributed by atoms with van der Waals surface area (Å²) in [6, 6.07) is 0. The van der Waals surface area contributed by atoms with Crippen LogP contribution in [0.3, 0.4) is 0 Å². The highest BCUT2D eigenvalue weighted by Gasteiger charge is 2.30. The van der Waals surface area contributed by atoms with E-state index in [-0.39, 0.29) is 11.8 Å². The van der Waals surface area contributed by atoms with Crippen LogP contribution in [0.1, 0.15) is 25.7 Å². The van der Waals surface area contributed by atoms with E-state index in [1.807, 2.05) is 0 Å². The van der Waals surface area contributed by atoms with Crippen molar-refractivity contribution in [2.75, 3.05) is 27.2 Å². The van der Waals surface area contributed by atoms with Crippen molar-refractivity contribution in [3.05, 3.63) is 0 Å². The lowest BCUT2D eigenvalue weighted by atomic mass is 10.1. The van der Waals surface area contributed by atoms with Gasteiger partial charge in [0.1, 0.15) is 0 Å². The minimum atomic E-state index is -0.840. The Morgan fingerprint density at radius 3 is 2.44 bits per heavy atom. The largest absolute Gasteiger partial charge is 0.481 e. The zero-order valence-electron chi connectivity index (χ0n) is 10.9. The first-order chi connectivity index (χ1) is 8.41. The van der Waals surface area contributed by atoms with Crippen LogP contribution in [0.2, 0.25) is 0 Å². The fourth-order valence-corrected chi connectivity index (χ4v) is 1.96. The van der Waals surface area contributed by atoms with E-state index in [1.54, 1.807) is 19.0 Å². The minimum Gasteiger partial charge on any atom is -0.481 e. The van der Waals surface area contributed by atoms with Gasteiger partial charge in [0, 0.05) is 40.0 Å². The third kappa shape index (κ3) is 4.01. The maximum Gasteiger partial charge on any atom is 0.308 e. The molecule has 1 aliphatic rings. The van der Waals surface area contributed by atoms with Gasteiger partial charge in [0.25, 0.3) is 0 Å². The van der Waals surface area contributed by atoms with Gasteiger partial charge in [-0.1, -0.05) is 0 Å². The predicted octanol–water partition coefficient (Wildman–Crippen LogP) is 0.178. The highest BCUT2D eigenvalue weighted by atomic mass is 16.4. The standard InChI is InChI=1S/C12H20N2O4/c1-13(2)10(15)4-3-5-11(16)14-7-6-9(8-14)12(17)18/h9H,3-8H2,1-2H3,(H,17,18). The van der Waals surface area contributed by atoms with Crippen LogP contribution < -0.4 is 0 Å². The van der Waals surface area contributed by atoms with Crippen molar-refractivity contribution in [1.82, 2.24) is 9.80 Å². The van der Waals surface area contributed by atoms with Crippen molar-refractivity contribution in [2.45, 2.75) is 25.7 Å². The van der Waals surface area contributed by atoms with Crippen LogP contribution in [0.5, 0.6) is 0 Å². The Labute approximate surface area is 107 Å². The van der Waals surface area contributed by atoms with Crippen molar-refractivity contribution in [3.63, 3.8) is 0 Å². The van der Waals surface area contributed by atoms with Crippen LogP contribution in [0, 0.1) is 5.92 Å². The van der Waals surface area contributed by atoms with Crippen LogP contribution in [-0.2, 0) is 14.4 Å². The summed E-state index contributed by atoms with van der Waals surface area (Å²) in [6.45, 7) is 0.813. The van der Waals surface area contributed by atoms with Crippen LogP contribution in [-0.4, -0.2) is 59.9 Å². The zero-order valence-corrected chi connectivity index (χ0v) is 10.9. The van der Waals surface area contributed by atoms with Gasteiger partial charge in [-0.05, 0) is 12.8 Å². The molecule has 1 heterocycles. The molecule has 0 aliphatic carbocycles. The molecular formula is C12H20N2O4. The molecule has 0 aromatic heterocycles. The molecule has 2 amide bonds. The molecule has 0 bridgehead atoms. The van der Waals surface area contributed by atoms with E-state index < -0.39 is 11.9 Å². The van der Waals surface area contributed by atoms with Crippen LogP contribution in [0.4, 0.5) is 0 Å². The molecule has 102 valence electrons. The average Bonchev–Trinajstić information content (AvgIpc) is 2.77. The summed E-state index contributed by atoms with van der Waals surface area (Å²) in [6.07, 6.45) is 1.71. The molecule has 1 unspecified atom stereocenters. The van der Waals surface area contributed by atoms with Gasteiger partial charge in [-0.15, -0.1) is 0 Å². The number of hydrogen-bond donors (Lipinski definition) is 1. The number of likely N-dealkylation sites (tertiary alicyclic amines) is 1. The molecule has 0 aromatic carbocycles. The third-order valence-electron chi connectivity index (χ3n) is 3.17. The quantitative estimate of drug-likeness (QED) is 0.761. The molecule has 0 spiro atoms. The van der Waals surface area contributed by atoms with Gasteiger partial charge in [-0.25, -0.2) is 0 Å². The van der Waals surface area contributed by atoms with E-state index in [0.717, 1.165) is 0 Å². The van der Waals surface area contributed by atoms with Crippen LogP contribution >= 0.6 is 0 Å². The van der Waals surface area contributed by atoms with Gasteiger partial charge >= 0.3 is 5.97 Å². The molecule has 0 aromatic rings. The first kappa shape index (κ1) is 14.5. The first-order valence-electron chi connectivity index (χ1n) is 6.12. The zero-order chi connectivity index (χ0) is 13.7. The van der Waals surface area contributed by atoms with E-state index in [9.17, 15) is 14.4 Å². The second-order valence-electron chi connectivity index (χ2n) is 4.81. The van der Waals surface area contributed by atoms with Crippen molar-refractivity contribution in [2.24, 2.45) is 5.92 Å². The smallest absolute Gasteiger partial charge is 0.308 e. The van der Waals surface area contributed by atoms with Gasteiger partial charge in [0.15, 0.2) is 0 Å². The molecule has 1 aliphatic heterocycles. The Morgan fingerprint density at radius 1 is 1.28 bits per heavy atom. The minimum absolute atomic E-state index is 0.00707. The maximum atomic E-state index is 11.8. The highest BCUT2D eigenvalue weighted by Crippen LogP contribution is 2.17. The molecule has 1 N–H and O–H groups in total. The van der Waals surface area contributed by atoms with Gasteiger partial charge in [-0.2, -0.15) is 0 Å². The maximum absolute atomic E-state index is 11.8. The first-order valence-corrected chi connectivity index (χ1v) is 6.12. The van der Waals surface area contributed by atoms with E-state index in [2.05, 4.69) is 0 Å². The van der Waals surface area contributed by atoms with E-state index in [4.69, 9.17) is 5.11 Å². The fraction of sp³-hybridized carbons (Fsp3) is 0.750. The monoisotopic (exact) mass is 256 g/mol. The summed E-state index contributed by atoms with van der Waals surface area (Å²) >= 11 is 0. The Hall–Kier alpha value is -1.59. The number of rotatable bonds is 5. The molecule has 1 saturated heterocycles. The topological polar surface area (TPSA) is 77.9 Å². The lowest BCUT2D eigenvalue weighted by molar-refractivity contribution is -0.141. The number of carbonyl (C=O) groups is 3. The van der Waals surface area contributed by atoms with Gasteiger partial charge in [0.2, 0.25) is 11.8 Å². The number of nitrogens with zero attached hydrogens (tertiary/aromatic N) is 2. The van der Waals surface area contributed by atoms with Crippen LogP contribution in [0.15, 0.2) is 0 Å². The SMILES string of the molecule is CN(C)C(=O)CCCC(=O)N1CCC(C(=O)O)C1. The van der Waals surface area contributed by atoms with Crippen molar-refractivity contribution in [1.29, 1.82) is 0 Å². The molecule has 6 heteroatoms. The lowest BCUT2D eigenvalue weighted by Crippen LogP contribution is -2.30. The summed E-state index contributed by atoms with van der Waals surface area (Å²) < 4.78 is 0. The van der Waals surface area contributed by atoms with E-state index >= 15 is 0 Å². The summed E-state index contributed by atoms with van der Waals surface area (Å²) in [5, 5.41) is 8.83. The summed E-state index contributed by atoms with van der Waals surface area (Å²) in [5.74, 6) is -1.32. The Balaban J connectivity index is 2.26. The van der Waals surface area contributed by atoms with E-state index in [0.29, 0.717) is 38.8 Å². The van der Waals surface area contributed by atoms with Gasteiger partial charge < -0.3 is 14.9 Å². The normalized spacial score (nSPS) is 18.8. The third-order valence-corrected chi connectivity index (χ3v) is 3.17. The molecular weight excluding hydrogens is 236 g/mol. The molecule has 0 saturated carbocycles. The molecule has 6 nitrogen and oxygen atoms in total. The van der Waals surface area contributed by atoms with Crippen molar-refractivity contribution >= 4 is 17.8 Å². The number of carbonyl (C=O) groups excluding carboxylic acids is 2. The summed E-state index contributed by atoms with van der Waals surface area (Å²) in [7, 11) is 3.37.